The minimum absolute atomic E-state index is 0.204. The molecule has 1 aromatic rings. The molecule has 0 fully saturated rings. The highest BCUT2D eigenvalue weighted by molar-refractivity contribution is 5.94. The molecule has 1 amide bonds. The summed E-state index contributed by atoms with van der Waals surface area (Å²) in [5.74, 6) is 0.504. The minimum atomic E-state index is -0.901. The van der Waals surface area contributed by atoms with Crippen LogP contribution in [0.25, 0.3) is 0 Å². The summed E-state index contributed by atoms with van der Waals surface area (Å²) in [4.78, 5) is 11.6. The van der Waals surface area contributed by atoms with Crippen molar-refractivity contribution in [3.8, 4) is 5.75 Å². The molecule has 0 aliphatic rings. The summed E-state index contributed by atoms with van der Waals surface area (Å²) >= 11 is 0. The van der Waals surface area contributed by atoms with E-state index in [4.69, 9.17) is 4.74 Å². The number of aliphatic hydroxyl groups is 1. The van der Waals surface area contributed by atoms with Gasteiger partial charge in [0.2, 0.25) is 0 Å². The van der Waals surface area contributed by atoms with Crippen molar-refractivity contribution in [3.63, 3.8) is 0 Å². The highest BCUT2D eigenvalue weighted by Gasteiger charge is 2.14. The van der Waals surface area contributed by atoms with E-state index >= 15 is 0 Å². The zero-order valence-corrected chi connectivity index (χ0v) is 9.78. The van der Waals surface area contributed by atoms with Crippen molar-refractivity contribution in [1.82, 2.24) is 5.32 Å². The predicted octanol–water partition coefficient (Wildman–Crippen LogP) is 1.20. The molecule has 0 aliphatic carbocycles. The van der Waals surface area contributed by atoms with Crippen LogP contribution in [-0.2, 0) is 0 Å². The van der Waals surface area contributed by atoms with Crippen LogP contribution in [0.3, 0.4) is 0 Å². The van der Waals surface area contributed by atoms with Crippen molar-refractivity contribution >= 4 is 5.91 Å². The number of nitrogens with one attached hydrogen (secondary N) is 1. The number of rotatable bonds is 4. The van der Waals surface area contributed by atoms with Crippen LogP contribution in [0.5, 0.6) is 5.75 Å². The van der Waals surface area contributed by atoms with Gasteiger partial charge in [0.25, 0.3) is 5.91 Å². The summed E-state index contributed by atoms with van der Waals surface area (Å²) in [6.45, 7) is 3.50. The first kappa shape index (κ1) is 12.5. The molecule has 0 bridgehead atoms. The van der Waals surface area contributed by atoms with E-state index in [1.807, 2.05) is 0 Å². The molecule has 0 heterocycles. The molecule has 16 heavy (non-hydrogen) atoms. The molecular weight excluding hydrogens is 206 g/mol. The largest absolute Gasteiger partial charge is 0.497 e. The Labute approximate surface area is 95.2 Å². The van der Waals surface area contributed by atoms with E-state index in [0.29, 0.717) is 11.3 Å². The van der Waals surface area contributed by atoms with Gasteiger partial charge in [0.05, 0.1) is 12.7 Å². The second-order valence-electron chi connectivity index (χ2n) is 4.22. The van der Waals surface area contributed by atoms with E-state index in [-0.39, 0.29) is 12.5 Å². The van der Waals surface area contributed by atoms with Gasteiger partial charge in [-0.3, -0.25) is 4.79 Å². The first-order chi connectivity index (χ1) is 7.42. The monoisotopic (exact) mass is 223 g/mol. The Balaban J connectivity index is 2.59. The predicted molar refractivity (Wildman–Crippen MR) is 61.6 cm³/mol. The third-order valence-electron chi connectivity index (χ3n) is 2.03. The minimum Gasteiger partial charge on any atom is -0.497 e. The number of methoxy groups -OCH3 is 1. The molecule has 1 aromatic carbocycles. The third kappa shape index (κ3) is 3.90. The Kier molecular flexibility index (Phi) is 3.90. The highest BCUT2D eigenvalue weighted by atomic mass is 16.5. The molecule has 4 nitrogen and oxygen atoms in total. The van der Waals surface area contributed by atoms with Crippen LogP contribution in [0.15, 0.2) is 24.3 Å². The summed E-state index contributed by atoms with van der Waals surface area (Å²) in [5, 5.41) is 12.1. The maximum Gasteiger partial charge on any atom is 0.251 e. The molecule has 0 spiro atoms. The van der Waals surface area contributed by atoms with Gasteiger partial charge in [-0.2, -0.15) is 0 Å². The van der Waals surface area contributed by atoms with Gasteiger partial charge in [0.15, 0.2) is 0 Å². The van der Waals surface area contributed by atoms with Gasteiger partial charge in [-0.25, -0.2) is 0 Å². The first-order valence-electron chi connectivity index (χ1n) is 5.07. The molecular formula is C12H17NO3. The zero-order chi connectivity index (χ0) is 12.2. The number of benzene rings is 1. The summed E-state index contributed by atoms with van der Waals surface area (Å²) in [6.07, 6.45) is 0. The van der Waals surface area contributed by atoms with Crippen molar-refractivity contribution in [2.45, 2.75) is 19.4 Å². The topological polar surface area (TPSA) is 58.6 Å². The second-order valence-corrected chi connectivity index (χ2v) is 4.22. The van der Waals surface area contributed by atoms with Crippen molar-refractivity contribution < 1.29 is 14.6 Å². The lowest BCUT2D eigenvalue weighted by Gasteiger charge is -2.17. The summed E-state index contributed by atoms with van der Waals surface area (Å²) in [7, 11) is 1.57. The van der Waals surface area contributed by atoms with E-state index < -0.39 is 5.60 Å². The molecule has 0 aromatic heterocycles. The van der Waals surface area contributed by atoms with Crippen molar-refractivity contribution in [3.05, 3.63) is 29.8 Å². The van der Waals surface area contributed by atoms with Crippen molar-refractivity contribution in [2.24, 2.45) is 0 Å². The van der Waals surface area contributed by atoms with Crippen LogP contribution in [0.4, 0.5) is 0 Å². The lowest BCUT2D eigenvalue weighted by molar-refractivity contribution is 0.0694. The fraction of sp³-hybridized carbons (Fsp3) is 0.417. The molecule has 88 valence electrons. The molecule has 0 unspecified atom stereocenters. The maximum atomic E-state index is 11.6. The highest BCUT2D eigenvalue weighted by Crippen LogP contribution is 2.11. The number of carbonyl (C=O) groups excluding carboxylic acids is 1. The number of amides is 1. The number of ether oxygens (including phenoxy) is 1. The lowest BCUT2D eigenvalue weighted by atomic mass is 10.1. The summed E-state index contributed by atoms with van der Waals surface area (Å²) in [6, 6.07) is 6.80. The summed E-state index contributed by atoms with van der Waals surface area (Å²) in [5.41, 5.74) is -0.354. The van der Waals surface area contributed by atoms with Gasteiger partial charge in [-0.15, -0.1) is 0 Å². The molecule has 0 saturated carbocycles. The SMILES string of the molecule is COc1ccc(C(=O)NCC(C)(C)O)cc1. The first-order valence-corrected chi connectivity index (χ1v) is 5.07. The Hall–Kier alpha value is -1.55. The second kappa shape index (κ2) is 4.99. The van der Waals surface area contributed by atoms with E-state index in [1.165, 1.54) is 0 Å². The standard InChI is InChI=1S/C12H17NO3/c1-12(2,15)8-13-11(14)9-4-6-10(16-3)7-5-9/h4-7,15H,8H2,1-3H3,(H,13,14). The Bertz CT molecular complexity index is 352. The van der Waals surface area contributed by atoms with E-state index in [1.54, 1.807) is 45.2 Å². The summed E-state index contributed by atoms with van der Waals surface area (Å²) < 4.78 is 4.99. The average Bonchev–Trinajstić information content (AvgIpc) is 2.25. The molecule has 0 radical (unpaired) electrons. The van der Waals surface area contributed by atoms with Crippen LogP contribution in [0.1, 0.15) is 24.2 Å². The van der Waals surface area contributed by atoms with E-state index in [0.717, 1.165) is 0 Å². The quantitative estimate of drug-likeness (QED) is 0.806. The third-order valence-corrected chi connectivity index (χ3v) is 2.03. The zero-order valence-electron chi connectivity index (χ0n) is 9.78. The van der Waals surface area contributed by atoms with Gasteiger partial charge in [-0.1, -0.05) is 0 Å². The molecule has 0 atom stereocenters. The van der Waals surface area contributed by atoms with Crippen LogP contribution < -0.4 is 10.1 Å². The van der Waals surface area contributed by atoms with Crippen molar-refractivity contribution in [2.75, 3.05) is 13.7 Å². The normalized spacial score (nSPS) is 11.0. The molecule has 0 aliphatic heterocycles. The fourth-order valence-electron chi connectivity index (χ4n) is 1.14. The lowest BCUT2D eigenvalue weighted by Crippen LogP contribution is -2.38. The molecule has 2 N–H and O–H groups in total. The number of carbonyl (C=O) groups is 1. The van der Waals surface area contributed by atoms with Gasteiger partial charge in [0.1, 0.15) is 5.75 Å². The van der Waals surface area contributed by atoms with Gasteiger partial charge in [0, 0.05) is 12.1 Å². The Morgan fingerprint density at radius 3 is 2.38 bits per heavy atom. The maximum absolute atomic E-state index is 11.6. The van der Waals surface area contributed by atoms with Crippen LogP contribution >= 0.6 is 0 Å². The number of hydrogen-bond acceptors (Lipinski definition) is 3. The number of hydrogen-bond donors (Lipinski definition) is 2. The molecule has 4 heteroatoms. The van der Waals surface area contributed by atoms with Gasteiger partial charge in [-0.05, 0) is 38.1 Å². The van der Waals surface area contributed by atoms with Crippen LogP contribution in [-0.4, -0.2) is 30.3 Å². The van der Waals surface area contributed by atoms with E-state index in [9.17, 15) is 9.90 Å². The Morgan fingerprint density at radius 1 is 1.38 bits per heavy atom. The smallest absolute Gasteiger partial charge is 0.251 e. The molecule has 0 saturated heterocycles. The van der Waals surface area contributed by atoms with Gasteiger partial charge >= 0.3 is 0 Å². The van der Waals surface area contributed by atoms with Gasteiger partial charge < -0.3 is 15.2 Å². The Morgan fingerprint density at radius 2 is 1.94 bits per heavy atom. The van der Waals surface area contributed by atoms with Crippen LogP contribution in [0.2, 0.25) is 0 Å². The average molecular weight is 223 g/mol. The van der Waals surface area contributed by atoms with Crippen LogP contribution in [0, 0.1) is 0 Å². The fourth-order valence-corrected chi connectivity index (χ4v) is 1.14. The van der Waals surface area contributed by atoms with E-state index in [2.05, 4.69) is 5.32 Å². The van der Waals surface area contributed by atoms with Crippen molar-refractivity contribution in [1.29, 1.82) is 0 Å². The molecule has 1 rings (SSSR count).